The van der Waals surface area contributed by atoms with Crippen LogP contribution in [0.2, 0.25) is 0 Å². The van der Waals surface area contributed by atoms with Crippen LogP contribution in [-0.4, -0.2) is 30.0 Å². The van der Waals surface area contributed by atoms with Crippen molar-refractivity contribution < 1.29 is 9.63 Å². The molecule has 0 aromatic rings. The Hall–Kier alpha value is -0.610. The van der Waals surface area contributed by atoms with E-state index in [2.05, 4.69) is 0 Å². The highest BCUT2D eigenvalue weighted by Gasteiger charge is 2.35. The largest absolute Gasteiger partial charge is 0.343 e. The molecule has 2 saturated carbocycles. The molecule has 4 heteroatoms. The van der Waals surface area contributed by atoms with Gasteiger partial charge in [-0.05, 0) is 38.5 Å². The predicted molar refractivity (Wildman–Crippen MR) is 56.8 cm³/mol. The summed E-state index contributed by atoms with van der Waals surface area (Å²) in [7, 11) is 1.94. The molecular weight excluding hydrogens is 192 g/mol. The van der Waals surface area contributed by atoms with E-state index in [1.165, 1.54) is 0 Å². The fourth-order valence-electron chi connectivity index (χ4n) is 2.37. The minimum atomic E-state index is 0.200. The Bertz CT molecular complexity index is 233. The zero-order valence-corrected chi connectivity index (χ0v) is 9.32. The van der Waals surface area contributed by atoms with Crippen LogP contribution in [0.15, 0.2) is 0 Å². The van der Waals surface area contributed by atoms with Crippen LogP contribution in [0.3, 0.4) is 0 Å². The smallest absolute Gasteiger partial charge is 0.225 e. The van der Waals surface area contributed by atoms with Crippen molar-refractivity contribution >= 4 is 5.91 Å². The lowest BCUT2D eigenvalue weighted by Crippen LogP contribution is -2.41. The summed E-state index contributed by atoms with van der Waals surface area (Å²) in [6, 6.07) is 0.407. The molecule has 2 fully saturated rings. The van der Waals surface area contributed by atoms with Gasteiger partial charge in [0.2, 0.25) is 5.91 Å². The fourth-order valence-corrected chi connectivity index (χ4v) is 2.37. The molecule has 2 aliphatic rings. The van der Waals surface area contributed by atoms with Gasteiger partial charge in [0.25, 0.3) is 0 Å². The van der Waals surface area contributed by atoms with Crippen molar-refractivity contribution in [3.8, 4) is 0 Å². The van der Waals surface area contributed by atoms with Crippen molar-refractivity contribution in [1.82, 2.24) is 4.90 Å². The van der Waals surface area contributed by atoms with Gasteiger partial charge in [-0.1, -0.05) is 0 Å². The van der Waals surface area contributed by atoms with Crippen molar-refractivity contribution in [1.29, 1.82) is 0 Å². The second-order valence-corrected chi connectivity index (χ2v) is 4.79. The predicted octanol–water partition coefficient (Wildman–Crippen LogP) is 1.06. The second-order valence-electron chi connectivity index (χ2n) is 4.79. The number of amides is 1. The number of nitrogens with two attached hydrogens (primary N) is 1. The van der Waals surface area contributed by atoms with Gasteiger partial charge >= 0.3 is 0 Å². The van der Waals surface area contributed by atoms with Gasteiger partial charge in [0.1, 0.15) is 0 Å². The van der Waals surface area contributed by atoms with E-state index in [0.29, 0.717) is 17.9 Å². The normalized spacial score (nSPS) is 31.3. The van der Waals surface area contributed by atoms with E-state index in [1.54, 1.807) is 0 Å². The van der Waals surface area contributed by atoms with Gasteiger partial charge in [-0.3, -0.25) is 4.79 Å². The molecule has 2 aliphatic carbocycles. The molecule has 1 amide bonds. The minimum absolute atomic E-state index is 0.200. The molecule has 0 aromatic heterocycles. The zero-order chi connectivity index (χ0) is 10.8. The maximum absolute atomic E-state index is 11.8. The third kappa shape index (κ3) is 2.49. The Kier molecular flexibility index (Phi) is 3.26. The SMILES string of the molecule is CN(C(=O)C1CC1)C1CCC(ON)CC1. The molecule has 0 radical (unpaired) electrons. The third-order valence-corrected chi connectivity index (χ3v) is 3.66. The van der Waals surface area contributed by atoms with Gasteiger partial charge in [-0.15, -0.1) is 0 Å². The Labute approximate surface area is 90.7 Å². The van der Waals surface area contributed by atoms with Gasteiger partial charge in [0.15, 0.2) is 0 Å². The average Bonchev–Trinajstić information content (AvgIpc) is 3.11. The van der Waals surface area contributed by atoms with Crippen LogP contribution in [0.4, 0.5) is 0 Å². The van der Waals surface area contributed by atoms with Crippen molar-refractivity contribution in [2.45, 2.75) is 50.7 Å². The average molecular weight is 212 g/mol. The van der Waals surface area contributed by atoms with Crippen molar-refractivity contribution in [3.63, 3.8) is 0 Å². The molecule has 0 bridgehead atoms. The number of carbonyl (C=O) groups is 1. The van der Waals surface area contributed by atoms with Crippen LogP contribution in [-0.2, 0) is 9.63 Å². The molecule has 0 aliphatic heterocycles. The summed E-state index contributed by atoms with van der Waals surface area (Å²) in [4.78, 5) is 18.6. The topological polar surface area (TPSA) is 55.6 Å². The summed E-state index contributed by atoms with van der Waals surface area (Å²) < 4.78 is 0. The molecule has 0 saturated heterocycles. The molecule has 2 N–H and O–H groups in total. The highest BCUT2D eigenvalue weighted by molar-refractivity contribution is 5.81. The Morgan fingerprint density at radius 3 is 2.27 bits per heavy atom. The molecule has 0 aromatic carbocycles. The Balaban J connectivity index is 1.81. The van der Waals surface area contributed by atoms with E-state index < -0.39 is 0 Å². The van der Waals surface area contributed by atoms with E-state index in [1.807, 2.05) is 11.9 Å². The standard InChI is InChI=1S/C11H20N2O2/c1-13(11(14)8-2-3-8)9-4-6-10(15-12)7-5-9/h8-10H,2-7,12H2,1H3. The molecule has 0 spiro atoms. The number of hydrogen-bond donors (Lipinski definition) is 1. The Morgan fingerprint density at radius 2 is 1.80 bits per heavy atom. The molecule has 0 atom stereocenters. The number of hydrogen-bond acceptors (Lipinski definition) is 3. The van der Waals surface area contributed by atoms with E-state index >= 15 is 0 Å². The summed E-state index contributed by atoms with van der Waals surface area (Å²) in [5.74, 6) is 5.83. The molecular formula is C11H20N2O2. The highest BCUT2D eigenvalue weighted by Crippen LogP contribution is 2.33. The van der Waals surface area contributed by atoms with Gasteiger partial charge in [0.05, 0.1) is 6.10 Å². The molecule has 0 heterocycles. The third-order valence-electron chi connectivity index (χ3n) is 3.66. The maximum Gasteiger partial charge on any atom is 0.225 e. The van der Waals surface area contributed by atoms with Crippen LogP contribution >= 0.6 is 0 Å². The molecule has 2 rings (SSSR count). The van der Waals surface area contributed by atoms with Gasteiger partial charge in [-0.25, -0.2) is 5.90 Å². The highest BCUT2D eigenvalue weighted by atomic mass is 16.6. The quantitative estimate of drug-likeness (QED) is 0.712. The van der Waals surface area contributed by atoms with E-state index in [-0.39, 0.29) is 6.10 Å². The molecule has 86 valence electrons. The van der Waals surface area contributed by atoms with E-state index in [0.717, 1.165) is 38.5 Å². The second kappa shape index (κ2) is 4.49. The van der Waals surface area contributed by atoms with Crippen molar-refractivity contribution in [2.75, 3.05) is 7.05 Å². The van der Waals surface area contributed by atoms with Crippen LogP contribution in [0.25, 0.3) is 0 Å². The lowest BCUT2D eigenvalue weighted by molar-refractivity contribution is -0.134. The zero-order valence-electron chi connectivity index (χ0n) is 9.32. The molecule has 15 heavy (non-hydrogen) atoms. The van der Waals surface area contributed by atoms with Crippen molar-refractivity contribution in [3.05, 3.63) is 0 Å². The lowest BCUT2D eigenvalue weighted by atomic mass is 9.92. The van der Waals surface area contributed by atoms with E-state index in [4.69, 9.17) is 10.7 Å². The van der Waals surface area contributed by atoms with Crippen LogP contribution < -0.4 is 5.90 Å². The lowest BCUT2D eigenvalue weighted by Gasteiger charge is -2.34. The number of rotatable bonds is 3. The Morgan fingerprint density at radius 1 is 1.20 bits per heavy atom. The number of carbonyl (C=O) groups excluding carboxylic acids is 1. The number of nitrogens with zero attached hydrogens (tertiary/aromatic N) is 1. The summed E-state index contributed by atoms with van der Waals surface area (Å²) in [5.41, 5.74) is 0. The fraction of sp³-hybridized carbons (Fsp3) is 0.909. The van der Waals surface area contributed by atoms with Gasteiger partial charge < -0.3 is 9.74 Å². The van der Waals surface area contributed by atoms with Crippen LogP contribution in [0.1, 0.15) is 38.5 Å². The first-order valence-electron chi connectivity index (χ1n) is 5.84. The molecule has 0 unspecified atom stereocenters. The van der Waals surface area contributed by atoms with Gasteiger partial charge in [-0.2, -0.15) is 0 Å². The van der Waals surface area contributed by atoms with Crippen LogP contribution in [0, 0.1) is 5.92 Å². The summed E-state index contributed by atoms with van der Waals surface area (Å²) in [6.45, 7) is 0. The first-order valence-corrected chi connectivity index (χ1v) is 5.84. The van der Waals surface area contributed by atoms with E-state index in [9.17, 15) is 4.79 Å². The van der Waals surface area contributed by atoms with Crippen LogP contribution in [0.5, 0.6) is 0 Å². The first kappa shape index (κ1) is 10.9. The van der Waals surface area contributed by atoms with Gasteiger partial charge in [0, 0.05) is 19.0 Å². The monoisotopic (exact) mass is 212 g/mol. The summed E-state index contributed by atoms with van der Waals surface area (Å²) in [5, 5.41) is 0. The first-order chi connectivity index (χ1) is 7.22. The minimum Gasteiger partial charge on any atom is -0.343 e. The summed E-state index contributed by atoms with van der Waals surface area (Å²) >= 11 is 0. The summed E-state index contributed by atoms with van der Waals surface area (Å²) in [6.07, 6.45) is 6.38. The van der Waals surface area contributed by atoms with Crippen molar-refractivity contribution in [2.24, 2.45) is 11.8 Å². The molecule has 4 nitrogen and oxygen atoms in total. The maximum atomic E-state index is 11.8.